The average molecular weight is 855 g/mol. The van der Waals surface area contributed by atoms with E-state index < -0.39 is 5.60 Å². The van der Waals surface area contributed by atoms with Gasteiger partial charge in [0.25, 0.3) is 11.8 Å². The Morgan fingerprint density at radius 2 is 1.51 bits per heavy atom. The summed E-state index contributed by atoms with van der Waals surface area (Å²) in [6.45, 7) is 11.1. The largest absolute Gasteiger partial charge is 0.460 e. The van der Waals surface area contributed by atoms with Crippen molar-refractivity contribution in [3.8, 4) is 10.6 Å². The van der Waals surface area contributed by atoms with E-state index in [0.29, 0.717) is 74.0 Å². The van der Waals surface area contributed by atoms with Gasteiger partial charge in [-0.3, -0.25) is 14.4 Å². The van der Waals surface area contributed by atoms with Crippen molar-refractivity contribution < 1.29 is 38.1 Å². The second-order valence-corrected chi connectivity index (χ2v) is 17.5. The van der Waals surface area contributed by atoms with Crippen LogP contribution in [0.3, 0.4) is 0 Å². The number of rotatable bonds is 22. The van der Waals surface area contributed by atoms with Crippen LogP contribution < -0.4 is 15.5 Å². The minimum absolute atomic E-state index is 0.0238. The molecule has 1 aromatic heterocycles. The van der Waals surface area contributed by atoms with Gasteiger partial charge < -0.3 is 39.2 Å². The average Bonchev–Trinajstić information content (AvgIpc) is 3.76. The van der Waals surface area contributed by atoms with E-state index in [2.05, 4.69) is 45.9 Å². The molecule has 1 saturated heterocycles. The lowest BCUT2D eigenvalue weighted by Crippen LogP contribution is -2.30. The van der Waals surface area contributed by atoms with Crippen molar-refractivity contribution in [3.63, 3.8) is 0 Å². The van der Waals surface area contributed by atoms with Gasteiger partial charge in [0, 0.05) is 36.5 Å². The highest BCUT2D eigenvalue weighted by atomic mass is 32.1. The first kappa shape index (κ1) is 45.9. The van der Waals surface area contributed by atoms with E-state index in [1.54, 1.807) is 6.20 Å². The van der Waals surface area contributed by atoms with Crippen LogP contribution in [0.1, 0.15) is 108 Å². The lowest BCUT2D eigenvalue weighted by atomic mass is 9.88. The minimum Gasteiger partial charge on any atom is -0.460 e. The number of benzene rings is 3. The van der Waals surface area contributed by atoms with Crippen LogP contribution in [0.2, 0.25) is 0 Å². The van der Waals surface area contributed by atoms with Crippen molar-refractivity contribution in [3.05, 3.63) is 100 Å². The van der Waals surface area contributed by atoms with Crippen LogP contribution in [0.5, 0.6) is 0 Å². The number of anilines is 2. The summed E-state index contributed by atoms with van der Waals surface area (Å²) in [5.74, 6) is -0.608. The van der Waals surface area contributed by atoms with Gasteiger partial charge in [0.15, 0.2) is 0 Å². The number of nitrogens with zero attached hydrogens (tertiary/aromatic N) is 2. The van der Waals surface area contributed by atoms with E-state index in [4.69, 9.17) is 28.7 Å². The third-order valence-electron chi connectivity index (χ3n) is 10.5. The van der Waals surface area contributed by atoms with Crippen molar-refractivity contribution in [2.75, 3.05) is 76.2 Å². The van der Waals surface area contributed by atoms with Crippen LogP contribution in [0.15, 0.2) is 72.9 Å². The fourth-order valence-electron chi connectivity index (χ4n) is 7.55. The molecule has 1 fully saturated rings. The molecule has 0 bridgehead atoms. The number of aromatic nitrogens is 1. The number of hydrogen-bond acceptors (Lipinski definition) is 11. The molecular formula is C48H62N4O8S. The summed E-state index contributed by atoms with van der Waals surface area (Å²) in [6, 6.07) is 22.2. The monoisotopic (exact) mass is 854 g/mol. The molecule has 328 valence electrons. The number of fused-ring (bicyclic) bond motifs is 1. The maximum atomic E-state index is 13.8. The Bertz CT molecular complexity index is 2020. The second-order valence-electron chi connectivity index (χ2n) is 16.5. The highest BCUT2D eigenvalue weighted by Crippen LogP contribution is 2.37. The first-order valence-electron chi connectivity index (χ1n) is 21.8. The topological polar surface area (TPSA) is 138 Å². The van der Waals surface area contributed by atoms with Crippen LogP contribution in [0.25, 0.3) is 10.6 Å². The normalized spacial score (nSPS) is 15.3. The van der Waals surface area contributed by atoms with Crippen LogP contribution in [-0.2, 0) is 41.3 Å². The zero-order valence-corrected chi connectivity index (χ0v) is 36.8. The first-order chi connectivity index (χ1) is 29.6. The Morgan fingerprint density at radius 3 is 2.26 bits per heavy atom. The molecule has 1 atom stereocenters. The molecular weight excluding hydrogens is 793 g/mol. The predicted octanol–water partition coefficient (Wildman–Crippen LogP) is 8.59. The molecule has 2 N–H and O–H groups in total. The summed E-state index contributed by atoms with van der Waals surface area (Å²) in [5, 5.41) is 7.12. The zero-order valence-electron chi connectivity index (χ0n) is 36.0. The summed E-state index contributed by atoms with van der Waals surface area (Å²) < 4.78 is 27.6. The van der Waals surface area contributed by atoms with Gasteiger partial charge in [-0.1, -0.05) is 36.4 Å². The maximum Gasteiger partial charge on any atom is 0.308 e. The van der Waals surface area contributed by atoms with Gasteiger partial charge in [-0.05, 0) is 119 Å². The number of aryl methyl sites for hydroxylation is 2. The molecule has 1 aliphatic carbocycles. The number of thiazole rings is 1. The van der Waals surface area contributed by atoms with Gasteiger partial charge in [-0.25, -0.2) is 4.98 Å². The molecule has 0 unspecified atom stereocenters. The van der Waals surface area contributed by atoms with Crippen LogP contribution >= 0.6 is 11.3 Å². The van der Waals surface area contributed by atoms with Crippen LogP contribution in [0, 0.1) is 0 Å². The fraction of sp³-hybridized carbons (Fsp3) is 0.500. The summed E-state index contributed by atoms with van der Waals surface area (Å²) >= 11 is 1.35. The summed E-state index contributed by atoms with van der Waals surface area (Å²) in [4.78, 5) is 46.7. The van der Waals surface area contributed by atoms with E-state index in [0.717, 1.165) is 74.8 Å². The number of amides is 2. The van der Waals surface area contributed by atoms with Gasteiger partial charge in [0.1, 0.15) is 15.5 Å². The molecule has 0 radical (unpaired) electrons. The summed E-state index contributed by atoms with van der Waals surface area (Å²) in [5.41, 5.74) is 6.16. The highest BCUT2D eigenvalue weighted by molar-refractivity contribution is 7.17. The second kappa shape index (κ2) is 23.5. The molecule has 2 aliphatic rings. The minimum atomic E-state index is -0.490. The predicted molar refractivity (Wildman–Crippen MR) is 240 cm³/mol. The number of carbonyl (C=O) groups excluding carboxylic acids is 3. The third-order valence-corrected chi connectivity index (χ3v) is 11.6. The Morgan fingerprint density at radius 1 is 0.787 bits per heavy atom. The Hall–Kier alpha value is -4.66. The van der Waals surface area contributed by atoms with Gasteiger partial charge in [0.05, 0.1) is 70.6 Å². The van der Waals surface area contributed by atoms with Crippen molar-refractivity contribution in [2.45, 2.75) is 90.2 Å². The molecule has 1 aliphatic heterocycles. The van der Waals surface area contributed by atoms with Crippen molar-refractivity contribution in [1.29, 1.82) is 0 Å². The lowest BCUT2D eigenvalue weighted by Gasteiger charge is -2.29. The third kappa shape index (κ3) is 14.7. The molecule has 2 heterocycles. The molecule has 2 amide bonds. The van der Waals surface area contributed by atoms with Crippen LogP contribution in [-0.4, -0.2) is 94.3 Å². The maximum absolute atomic E-state index is 13.8. The van der Waals surface area contributed by atoms with Gasteiger partial charge in [0.2, 0.25) is 0 Å². The Labute approximate surface area is 364 Å². The van der Waals surface area contributed by atoms with E-state index in [1.165, 1.54) is 28.9 Å². The highest BCUT2D eigenvalue weighted by Gasteiger charge is 2.24. The van der Waals surface area contributed by atoms with E-state index in [9.17, 15) is 14.4 Å². The molecule has 0 saturated carbocycles. The SMILES string of the molecule is CC(C)(C)OC(=O)CCOCCOCCOCCOCCCc1cccc(C(=O)Nc2ccc(N3CCCCC3)cc2-c2ncc(C(=O)N[C@H]3CCCc4ccccc43)s2)c1. The van der Waals surface area contributed by atoms with Crippen molar-refractivity contribution >= 4 is 40.5 Å². The van der Waals surface area contributed by atoms with Crippen molar-refractivity contribution in [2.24, 2.45) is 0 Å². The smallest absolute Gasteiger partial charge is 0.308 e. The van der Waals surface area contributed by atoms with Crippen molar-refractivity contribution in [1.82, 2.24) is 10.3 Å². The quantitative estimate of drug-likeness (QED) is 0.0584. The molecule has 3 aromatic carbocycles. The summed E-state index contributed by atoms with van der Waals surface area (Å²) in [7, 11) is 0. The molecule has 0 spiro atoms. The molecule has 12 nitrogen and oxygen atoms in total. The number of hydrogen-bond donors (Lipinski definition) is 2. The van der Waals surface area contributed by atoms with E-state index in [1.807, 2.05) is 57.2 Å². The van der Waals surface area contributed by atoms with Gasteiger partial charge in [-0.15, -0.1) is 11.3 Å². The van der Waals surface area contributed by atoms with Gasteiger partial charge >= 0.3 is 5.97 Å². The lowest BCUT2D eigenvalue weighted by molar-refractivity contribution is -0.156. The van der Waals surface area contributed by atoms with E-state index in [-0.39, 0.29) is 30.2 Å². The number of piperidine rings is 1. The molecule has 13 heteroatoms. The Balaban J connectivity index is 0.941. The number of nitrogens with one attached hydrogen (secondary N) is 2. The van der Waals surface area contributed by atoms with Gasteiger partial charge in [-0.2, -0.15) is 0 Å². The fourth-order valence-corrected chi connectivity index (χ4v) is 8.40. The first-order valence-corrected chi connectivity index (χ1v) is 22.6. The van der Waals surface area contributed by atoms with Crippen LogP contribution in [0.4, 0.5) is 11.4 Å². The number of ether oxygens (including phenoxy) is 5. The number of esters is 1. The standard InChI is InChI=1S/C48H62N4O8S/c1-48(2,3)60-44(53)21-25-57-27-29-59-31-30-58-28-26-56-24-11-13-35-12-9-16-37(32-35)45(54)50-42-20-19-38(52-22-7-4-8-23-52)33-40(42)47-49-34-43(61-47)46(55)51-41-18-10-15-36-14-5-6-17-39(36)41/h5-6,9,12,14,16-17,19-20,32-34,41H,4,7-8,10-11,13,15,18,21-31H2,1-3H3,(H,50,54)(H,51,55)/t41-/m0/s1. The zero-order chi connectivity index (χ0) is 42.9. The molecule has 61 heavy (non-hydrogen) atoms. The molecule has 6 rings (SSSR count). The summed E-state index contributed by atoms with van der Waals surface area (Å²) in [6.07, 6.45) is 9.94. The Kier molecular flexibility index (Phi) is 17.7. The van der Waals surface area contributed by atoms with E-state index >= 15 is 0 Å². The molecule has 4 aromatic rings. The number of carbonyl (C=O) groups is 3.